The van der Waals surface area contributed by atoms with Gasteiger partial charge in [0.15, 0.2) is 0 Å². The lowest BCUT2D eigenvalue weighted by Gasteiger charge is -2.14. The Kier molecular flexibility index (Phi) is 2.81. The highest BCUT2D eigenvalue weighted by Crippen LogP contribution is 2.45. The van der Waals surface area contributed by atoms with Crippen molar-refractivity contribution in [1.82, 2.24) is 4.57 Å². The summed E-state index contributed by atoms with van der Waals surface area (Å²) in [7, 11) is -3.67. The van der Waals surface area contributed by atoms with Crippen molar-refractivity contribution in [2.75, 3.05) is 6.26 Å². The first-order valence-electron chi connectivity index (χ1n) is 5.57. The molecule has 1 aliphatic rings. The van der Waals surface area contributed by atoms with E-state index in [1.54, 1.807) is 0 Å². The molecular weight excluding hydrogens is 282 g/mol. The van der Waals surface area contributed by atoms with Crippen LogP contribution >= 0.6 is 11.8 Å². The minimum absolute atomic E-state index is 0.715. The van der Waals surface area contributed by atoms with Gasteiger partial charge >= 0.3 is 0 Å². The number of benzene rings is 2. The third-order valence-electron chi connectivity index (χ3n) is 2.77. The van der Waals surface area contributed by atoms with Crippen LogP contribution in [0.4, 0.5) is 0 Å². The Morgan fingerprint density at radius 2 is 1.79 bits per heavy atom. The number of aromatic nitrogens is 1. The highest BCUT2D eigenvalue weighted by atomic mass is 32.2. The molecule has 3 heterocycles. The maximum Gasteiger partial charge on any atom is 0.261 e. The van der Waals surface area contributed by atoms with Crippen LogP contribution in [0.15, 0.2) is 52.3 Å². The molecule has 0 saturated carbocycles. The molecule has 0 unspecified atom stereocenters. The van der Waals surface area contributed by atoms with E-state index in [0.717, 1.165) is 0 Å². The lowest BCUT2D eigenvalue weighted by atomic mass is 10.3. The summed E-state index contributed by atoms with van der Waals surface area (Å²) in [6, 6.07) is 15.2. The van der Waals surface area contributed by atoms with Gasteiger partial charge in [-0.1, -0.05) is 23.9 Å². The largest absolute Gasteiger partial charge is 0.308 e. The van der Waals surface area contributed by atoms with Crippen molar-refractivity contribution in [3.8, 4) is 5.69 Å². The Labute approximate surface area is 115 Å². The summed E-state index contributed by atoms with van der Waals surface area (Å²) in [4.78, 5) is 2.75. The summed E-state index contributed by atoms with van der Waals surface area (Å²) in [5, 5.41) is 0. The molecule has 3 aromatic rings. The molecule has 0 spiro atoms. The fourth-order valence-corrected chi connectivity index (χ4v) is 3.25. The van der Waals surface area contributed by atoms with E-state index in [2.05, 4.69) is 47.0 Å². The van der Waals surface area contributed by atoms with Gasteiger partial charge in [-0.05, 0) is 30.3 Å². The van der Waals surface area contributed by atoms with Crippen molar-refractivity contribution >= 4 is 32.9 Å². The van der Waals surface area contributed by atoms with Gasteiger partial charge in [0.25, 0.3) is 10.1 Å². The number of hydrogen-bond donors (Lipinski definition) is 1. The fraction of sp³-hybridized carbons (Fsp3) is 0.0769. The quantitative estimate of drug-likeness (QED) is 0.506. The average Bonchev–Trinajstić information content (AvgIpc) is 2.82. The van der Waals surface area contributed by atoms with Gasteiger partial charge in [-0.3, -0.25) is 4.55 Å². The van der Waals surface area contributed by atoms with Crippen LogP contribution in [-0.2, 0) is 10.1 Å². The normalized spacial score (nSPS) is 12.9. The lowest BCUT2D eigenvalue weighted by molar-refractivity contribution is 0.490. The van der Waals surface area contributed by atoms with Crippen LogP contribution in [0.5, 0.6) is 0 Å². The second-order valence-electron chi connectivity index (χ2n) is 4.29. The molecule has 0 radical (unpaired) electrons. The highest BCUT2D eigenvalue weighted by molar-refractivity contribution is 7.99. The summed E-state index contributed by atoms with van der Waals surface area (Å²) in [5.41, 5.74) is 3.99. The van der Waals surface area contributed by atoms with E-state index in [9.17, 15) is 8.42 Å². The van der Waals surface area contributed by atoms with Crippen molar-refractivity contribution < 1.29 is 13.0 Å². The Bertz CT molecular complexity index is 828. The Hall–Kier alpha value is -1.50. The zero-order chi connectivity index (χ0) is 13.6. The zero-order valence-corrected chi connectivity index (χ0v) is 11.7. The minimum Gasteiger partial charge on any atom is -0.308 e. The SMILES string of the molecule is CS(=O)(=O)O.c1ccc2c(c1)Sc1cc3ccc1n3-2. The average molecular weight is 293 g/mol. The number of fused-ring (bicyclic) bond motifs is 1. The van der Waals surface area contributed by atoms with Gasteiger partial charge < -0.3 is 4.57 Å². The van der Waals surface area contributed by atoms with Crippen LogP contribution in [0.1, 0.15) is 0 Å². The van der Waals surface area contributed by atoms with E-state index in [-0.39, 0.29) is 0 Å². The number of para-hydroxylation sites is 1. The number of nitrogens with zero attached hydrogens (tertiary/aromatic N) is 1. The van der Waals surface area contributed by atoms with E-state index in [1.165, 1.54) is 26.5 Å². The minimum atomic E-state index is -3.67. The molecule has 2 aromatic heterocycles. The standard InChI is InChI=1S/C12H7NS.CH4O3S/c1-2-4-11-9(3-1)13-8-5-6-10(13)12(7-8)14-11;1-5(2,3)4/h1-7H;1H3,(H,2,3,4). The molecule has 98 valence electrons. The Balaban J connectivity index is 0.000000193. The van der Waals surface area contributed by atoms with Gasteiger partial charge in [-0.15, -0.1) is 0 Å². The van der Waals surface area contributed by atoms with E-state index in [0.29, 0.717) is 6.26 Å². The van der Waals surface area contributed by atoms with E-state index < -0.39 is 10.1 Å². The van der Waals surface area contributed by atoms with Crippen molar-refractivity contribution in [2.45, 2.75) is 9.79 Å². The van der Waals surface area contributed by atoms with Gasteiger partial charge in [0.2, 0.25) is 0 Å². The molecule has 6 heteroatoms. The first-order chi connectivity index (χ1) is 8.93. The fourth-order valence-electron chi connectivity index (χ4n) is 2.16. The molecule has 1 N–H and O–H groups in total. The first-order valence-corrected chi connectivity index (χ1v) is 8.23. The van der Waals surface area contributed by atoms with Crippen molar-refractivity contribution in [2.24, 2.45) is 0 Å². The molecule has 4 nitrogen and oxygen atoms in total. The van der Waals surface area contributed by atoms with E-state index >= 15 is 0 Å². The van der Waals surface area contributed by atoms with Gasteiger partial charge in [0.05, 0.1) is 17.5 Å². The second kappa shape index (κ2) is 4.26. The topological polar surface area (TPSA) is 59.3 Å². The Morgan fingerprint density at radius 1 is 1.11 bits per heavy atom. The predicted molar refractivity (Wildman–Crippen MR) is 76.1 cm³/mol. The third kappa shape index (κ3) is 2.34. The van der Waals surface area contributed by atoms with Gasteiger partial charge in [-0.25, -0.2) is 0 Å². The molecule has 19 heavy (non-hydrogen) atoms. The molecule has 4 bridgehead atoms. The van der Waals surface area contributed by atoms with Crippen LogP contribution < -0.4 is 0 Å². The molecular formula is C13H11NO3S2. The van der Waals surface area contributed by atoms with Crippen LogP contribution in [-0.4, -0.2) is 23.8 Å². The first kappa shape index (κ1) is 12.5. The van der Waals surface area contributed by atoms with Gasteiger partial charge in [0, 0.05) is 15.3 Å². The van der Waals surface area contributed by atoms with Crippen LogP contribution in [0, 0.1) is 0 Å². The maximum absolute atomic E-state index is 9.19. The number of rotatable bonds is 0. The molecule has 0 aliphatic carbocycles. The summed E-state index contributed by atoms with van der Waals surface area (Å²) >= 11 is 1.87. The monoisotopic (exact) mass is 293 g/mol. The van der Waals surface area contributed by atoms with Gasteiger partial charge in [0.1, 0.15) is 0 Å². The predicted octanol–water partition coefficient (Wildman–Crippen LogP) is 3.04. The molecule has 1 aromatic carbocycles. The zero-order valence-electron chi connectivity index (χ0n) is 10.1. The summed E-state index contributed by atoms with van der Waals surface area (Å²) in [5.74, 6) is 0. The van der Waals surface area contributed by atoms with Crippen LogP contribution in [0.2, 0.25) is 0 Å². The highest BCUT2D eigenvalue weighted by Gasteiger charge is 2.20. The summed E-state index contributed by atoms with van der Waals surface area (Å²) in [6.07, 6.45) is 0.715. The van der Waals surface area contributed by atoms with Crippen molar-refractivity contribution in [1.29, 1.82) is 0 Å². The van der Waals surface area contributed by atoms with Crippen LogP contribution in [0.3, 0.4) is 0 Å². The van der Waals surface area contributed by atoms with Crippen molar-refractivity contribution in [3.05, 3.63) is 42.5 Å². The third-order valence-corrected chi connectivity index (χ3v) is 3.88. The lowest BCUT2D eigenvalue weighted by Crippen LogP contribution is -1.95. The summed E-state index contributed by atoms with van der Waals surface area (Å²) in [6.45, 7) is 0. The van der Waals surface area contributed by atoms with E-state index in [1.807, 2.05) is 11.8 Å². The second-order valence-corrected chi connectivity index (χ2v) is 6.84. The molecule has 0 fully saturated rings. The van der Waals surface area contributed by atoms with Crippen LogP contribution in [0.25, 0.3) is 16.7 Å². The van der Waals surface area contributed by atoms with E-state index in [4.69, 9.17) is 4.55 Å². The smallest absolute Gasteiger partial charge is 0.261 e. The van der Waals surface area contributed by atoms with Gasteiger partial charge in [-0.2, -0.15) is 8.42 Å². The Morgan fingerprint density at radius 3 is 2.53 bits per heavy atom. The molecule has 0 amide bonds. The molecule has 1 aliphatic heterocycles. The summed E-state index contributed by atoms with van der Waals surface area (Å²) < 4.78 is 28.2. The molecule has 0 saturated heterocycles. The molecule has 0 atom stereocenters. The maximum atomic E-state index is 9.19. The molecule has 4 rings (SSSR count). The van der Waals surface area contributed by atoms with Crippen molar-refractivity contribution in [3.63, 3.8) is 0 Å². The number of hydrogen-bond acceptors (Lipinski definition) is 3.